The molecule has 0 saturated heterocycles. The van der Waals surface area contributed by atoms with Crippen LogP contribution in [0.4, 0.5) is 0 Å². The number of esters is 1. The van der Waals surface area contributed by atoms with Gasteiger partial charge in [0.1, 0.15) is 0 Å². The van der Waals surface area contributed by atoms with E-state index in [0.29, 0.717) is 6.42 Å². The molecule has 0 aromatic rings. The van der Waals surface area contributed by atoms with Crippen molar-refractivity contribution in [2.45, 2.75) is 20.3 Å². The molecule has 6 heteroatoms. The van der Waals surface area contributed by atoms with Gasteiger partial charge in [0.25, 0.3) is 0 Å². The first-order valence-electron chi connectivity index (χ1n) is 4.90. The minimum absolute atomic E-state index is 0.0872. The van der Waals surface area contributed by atoms with E-state index < -0.39 is 17.9 Å². The topological polar surface area (TPSA) is 78.9 Å². The van der Waals surface area contributed by atoms with Crippen molar-refractivity contribution < 1.29 is 28.9 Å². The molecule has 0 saturated carbocycles. The third-order valence-corrected chi connectivity index (χ3v) is 1.35. The van der Waals surface area contributed by atoms with Crippen LogP contribution in [0, 0.1) is 0 Å². The van der Waals surface area contributed by atoms with E-state index in [0.717, 1.165) is 12.2 Å². The first kappa shape index (κ1) is 14.9. The largest absolute Gasteiger partial charge is 0.463 e. The van der Waals surface area contributed by atoms with Crippen LogP contribution in [0.1, 0.15) is 20.3 Å². The molecule has 0 rings (SSSR count). The lowest BCUT2D eigenvalue weighted by molar-refractivity contribution is -0.251. The molecule has 0 atom stereocenters. The predicted molar refractivity (Wildman–Crippen MR) is 57.4 cm³/mol. The van der Waals surface area contributed by atoms with Gasteiger partial charge < -0.3 is 4.74 Å². The summed E-state index contributed by atoms with van der Waals surface area (Å²) in [5.74, 6) is -2.52. The Labute approximate surface area is 98.8 Å². The smallest absolute Gasteiger partial charge is 0.381 e. The highest BCUT2D eigenvalue weighted by Gasteiger charge is 2.08. The van der Waals surface area contributed by atoms with Crippen LogP contribution in [0.25, 0.3) is 0 Å². The average molecular weight is 242 g/mol. The zero-order valence-corrected chi connectivity index (χ0v) is 9.73. The Kier molecular flexibility index (Phi) is 7.09. The SMILES string of the molecule is C=C(C)C(=O)OOC(=O)/C=C\C(=O)OCCC. The van der Waals surface area contributed by atoms with Gasteiger partial charge in [-0.1, -0.05) is 13.5 Å². The van der Waals surface area contributed by atoms with Crippen molar-refractivity contribution in [2.24, 2.45) is 0 Å². The number of carbonyl (C=O) groups is 3. The second kappa shape index (κ2) is 8.09. The summed E-state index contributed by atoms with van der Waals surface area (Å²) in [7, 11) is 0. The number of hydrogen-bond acceptors (Lipinski definition) is 6. The Hall–Kier alpha value is -2.11. The second-order valence-electron chi connectivity index (χ2n) is 3.05. The van der Waals surface area contributed by atoms with Crippen molar-refractivity contribution in [1.82, 2.24) is 0 Å². The third-order valence-electron chi connectivity index (χ3n) is 1.35. The summed E-state index contributed by atoms with van der Waals surface area (Å²) in [6.45, 7) is 6.78. The van der Waals surface area contributed by atoms with E-state index in [9.17, 15) is 14.4 Å². The van der Waals surface area contributed by atoms with Crippen LogP contribution < -0.4 is 0 Å². The van der Waals surface area contributed by atoms with Crippen molar-refractivity contribution in [3.8, 4) is 0 Å². The molecule has 0 bridgehead atoms. The number of carbonyl (C=O) groups excluding carboxylic acids is 3. The lowest BCUT2D eigenvalue weighted by atomic mass is 10.4. The van der Waals surface area contributed by atoms with Gasteiger partial charge in [-0.15, -0.1) is 0 Å². The van der Waals surface area contributed by atoms with Crippen LogP contribution in [-0.4, -0.2) is 24.5 Å². The van der Waals surface area contributed by atoms with Gasteiger partial charge in [0.2, 0.25) is 0 Å². The van der Waals surface area contributed by atoms with E-state index in [1.165, 1.54) is 6.92 Å². The second-order valence-corrected chi connectivity index (χ2v) is 3.05. The standard InChI is InChI=1S/C11H14O6/c1-4-7-15-9(12)5-6-10(13)16-17-11(14)8(2)3/h5-6H,2,4,7H2,1,3H3/b6-5-. The predicted octanol–water partition coefficient (Wildman–Crippen LogP) is 1.07. The Morgan fingerprint density at radius 2 is 1.71 bits per heavy atom. The molecule has 0 radical (unpaired) electrons. The minimum atomic E-state index is -0.993. The molecule has 0 fully saturated rings. The molecule has 0 unspecified atom stereocenters. The van der Waals surface area contributed by atoms with E-state index in [2.05, 4.69) is 21.1 Å². The molecular weight excluding hydrogens is 228 g/mol. The van der Waals surface area contributed by atoms with Crippen molar-refractivity contribution in [3.63, 3.8) is 0 Å². The highest BCUT2D eigenvalue weighted by Crippen LogP contribution is 1.94. The minimum Gasteiger partial charge on any atom is -0.463 e. The fourth-order valence-electron chi connectivity index (χ4n) is 0.565. The highest BCUT2D eigenvalue weighted by atomic mass is 17.2. The zero-order valence-electron chi connectivity index (χ0n) is 9.73. The van der Waals surface area contributed by atoms with Gasteiger partial charge in [0.15, 0.2) is 0 Å². The maximum atomic E-state index is 10.9. The van der Waals surface area contributed by atoms with E-state index in [-0.39, 0.29) is 12.2 Å². The molecule has 94 valence electrons. The molecular formula is C11H14O6. The maximum Gasteiger partial charge on any atom is 0.381 e. The van der Waals surface area contributed by atoms with E-state index in [4.69, 9.17) is 0 Å². The van der Waals surface area contributed by atoms with Gasteiger partial charge >= 0.3 is 17.9 Å². The monoisotopic (exact) mass is 242 g/mol. The maximum absolute atomic E-state index is 10.9. The van der Waals surface area contributed by atoms with Crippen LogP contribution in [0.2, 0.25) is 0 Å². The Morgan fingerprint density at radius 3 is 2.24 bits per heavy atom. The number of ether oxygens (including phenoxy) is 1. The quantitative estimate of drug-likeness (QED) is 0.310. The molecule has 0 N–H and O–H groups in total. The summed E-state index contributed by atoms with van der Waals surface area (Å²) >= 11 is 0. The van der Waals surface area contributed by atoms with Crippen molar-refractivity contribution in [2.75, 3.05) is 6.61 Å². The molecule has 0 aliphatic heterocycles. The molecule has 6 nitrogen and oxygen atoms in total. The summed E-state index contributed by atoms with van der Waals surface area (Å²) in [5.41, 5.74) is 0.0872. The van der Waals surface area contributed by atoms with E-state index in [1.54, 1.807) is 0 Å². The first-order chi connectivity index (χ1) is 7.97. The zero-order chi connectivity index (χ0) is 13.3. The molecule has 0 aromatic carbocycles. The van der Waals surface area contributed by atoms with Crippen LogP contribution in [0.3, 0.4) is 0 Å². The summed E-state index contributed by atoms with van der Waals surface area (Å²) in [6, 6.07) is 0. The molecule has 0 spiro atoms. The van der Waals surface area contributed by atoms with Crippen LogP contribution in [0.15, 0.2) is 24.3 Å². The lowest BCUT2D eigenvalue weighted by Gasteiger charge is -1.99. The normalized spacial score (nSPS) is 9.76. The molecule has 0 heterocycles. The van der Waals surface area contributed by atoms with Gasteiger partial charge in [0.05, 0.1) is 6.61 Å². The number of rotatable bonds is 5. The number of hydrogen-bond donors (Lipinski definition) is 0. The van der Waals surface area contributed by atoms with Crippen LogP contribution in [0.5, 0.6) is 0 Å². The summed E-state index contributed by atoms with van der Waals surface area (Å²) in [4.78, 5) is 40.8. The summed E-state index contributed by atoms with van der Waals surface area (Å²) < 4.78 is 4.65. The fourth-order valence-corrected chi connectivity index (χ4v) is 0.565. The average Bonchev–Trinajstić information content (AvgIpc) is 2.30. The van der Waals surface area contributed by atoms with Gasteiger partial charge in [-0.05, 0) is 13.3 Å². The Balaban J connectivity index is 3.93. The molecule has 0 aliphatic rings. The van der Waals surface area contributed by atoms with Gasteiger partial charge in [-0.3, -0.25) is 0 Å². The molecule has 17 heavy (non-hydrogen) atoms. The van der Waals surface area contributed by atoms with Crippen molar-refractivity contribution >= 4 is 17.9 Å². The first-order valence-corrected chi connectivity index (χ1v) is 4.90. The molecule has 0 amide bonds. The Morgan fingerprint density at radius 1 is 1.12 bits per heavy atom. The van der Waals surface area contributed by atoms with Gasteiger partial charge in [0, 0.05) is 17.7 Å². The van der Waals surface area contributed by atoms with Gasteiger partial charge in [-0.2, -0.15) is 0 Å². The Bertz CT molecular complexity index is 342. The summed E-state index contributed by atoms with van der Waals surface area (Å²) in [5, 5.41) is 0. The third kappa shape index (κ3) is 7.78. The van der Waals surface area contributed by atoms with Crippen molar-refractivity contribution in [3.05, 3.63) is 24.3 Å². The van der Waals surface area contributed by atoms with Gasteiger partial charge in [-0.25, -0.2) is 24.2 Å². The lowest BCUT2D eigenvalue weighted by Crippen LogP contribution is -2.10. The van der Waals surface area contributed by atoms with E-state index in [1.807, 2.05) is 6.92 Å². The molecule has 0 aromatic heterocycles. The van der Waals surface area contributed by atoms with E-state index >= 15 is 0 Å². The molecule has 0 aliphatic carbocycles. The fraction of sp³-hybridized carbons (Fsp3) is 0.364. The van der Waals surface area contributed by atoms with Crippen LogP contribution >= 0.6 is 0 Å². The van der Waals surface area contributed by atoms with Crippen molar-refractivity contribution in [1.29, 1.82) is 0 Å². The summed E-state index contributed by atoms with van der Waals surface area (Å²) in [6.07, 6.45) is 2.36. The highest BCUT2D eigenvalue weighted by molar-refractivity contribution is 5.92. The van der Waals surface area contributed by atoms with Crippen LogP contribution in [-0.2, 0) is 28.9 Å².